The van der Waals surface area contributed by atoms with Gasteiger partial charge >= 0.3 is 0 Å². The predicted octanol–water partition coefficient (Wildman–Crippen LogP) is 2.23. The van der Waals surface area contributed by atoms with Crippen molar-refractivity contribution >= 4 is 11.6 Å². The van der Waals surface area contributed by atoms with Gasteiger partial charge in [-0.2, -0.15) is 0 Å². The number of rotatable bonds is 5. The van der Waals surface area contributed by atoms with Crippen molar-refractivity contribution in [2.75, 3.05) is 0 Å². The zero-order valence-electron chi connectivity index (χ0n) is 12.1. The van der Waals surface area contributed by atoms with Gasteiger partial charge in [0.25, 0.3) is 0 Å². The van der Waals surface area contributed by atoms with Crippen molar-refractivity contribution in [3.05, 3.63) is 0 Å². The van der Waals surface area contributed by atoms with Gasteiger partial charge in [-0.15, -0.1) is 0 Å². The molecule has 4 nitrogen and oxygen atoms in total. The number of carbonyl (C=O) groups excluding carboxylic acids is 2. The molecule has 108 valence electrons. The van der Waals surface area contributed by atoms with Gasteiger partial charge in [0, 0.05) is 24.7 Å². The maximum atomic E-state index is 12.0. The number of hydrogen-bond donors (Lipinski definition) is 1. The molecule has 1 spiro atoms. The van der Waals surface area contributed by atoms with Crippen LogP contribution in [-0.2, 0) is 14.3 Å². The zero-order chi connectivity index (χ0) is 14.3. The number of ketones is 2. The Morgan fingerprint density at radius 1 is 1.42 bits per heavy atom. The van der Waals surface area contributed by atoms with E-state index in [1.165, 1.54) is 0 Å². The number of hydrogen-bond acceptors (Lipinski definition) is 4. The molecule has 0 radical (unpaired) electrons. The highest BCUT2D eigenvalue weighted by molar-refractivity contribution is 5.99. The monoisotopic (exact) mass is 268 g/mol. The van der Waals surface area contributed by atoms with Crippen molar-refractivity contribution in [2.45, 2.75) is 71.7 Å². The largest absolute Gasteiger partial charge is 0.367 e. The van der Waals surface area contributed by atoms with Gasteiger partial charge in [0.1, 0.15) is 11.6 Å². The molecule has 3 atom stereocenters. The smallest absolute Gasteiger partial charge is 0.160 e. The van der Waals surface area contributed by atoms with Crippen LogP contribution in [0.25, 0.3) is 0 Å². The maximum absolute atomic E-state index is 12.0. The van der Waals surface area contributed by atoms with Crippen LogP contribution >= 0.6 is 0 Å². The van der Waals surface area contributed by atoms with Gasteiger partial charge in [-0.25, -0.2) is 0 Å². The van der Waals surface area contributed by atoms with Crippen LogP contribution in [0.1, 0.15) is 59.3 Å². The fourth-order valence-electron chi connectivity index (χ4n) is 3.08. The van der Waals surface area contributed by atoms with E-state index in [2.05, 4.69) is 6.92 Å². The maximum Gasteiger partial charge on any atom is 0.160 e. The summed E-state index contributed by atoms with van der Waals surface area (Å²) in [6, 6.07) is 0. The van der Waals surface area contributed by atoms with Crippen molar-refractivity contribution < 1.29 is 19.4 Å². The molecular weight excluding hydrogens is 244 g/mol. The second kappa shape index (κ2) is 4.98. The minimum Gasteiger partial charge on any atom is -0.367 e. The molecule has 0 aromatic rings. The molecule has 0 aromatic heterocycles. The molecular formula is C15H24O4. The van der Waals surface area contributed by atoms with Crippen LogP contribution in [0.15, 0.2) is 0 Å². The Balaban J connectivity index is 1.96. The Morgan fingerprint density at radius 3 is 2.74 bits per heavy atom. The molecule has 2 aliphatic carbocycles. The van der Waals surface area contributed by atoms with E-state index in [4.69, 9.17) is 4.74 Å². The van der Waals surface area contributed by atoms with Gasteiger partial charge in [-0.3, -0.25) is 9.59 Å². The van der Waals surface area contributed by atoms with Crippen LogP contribution in [-0.4, -0.2) is 29.1 Å². The summed E-state index contributed by atoms with van der Waals surface area (Å²) in [5, 5.41) is 10.2. The first-order chi connectivity index (χ1) is 8.82. The summed E-state index contributed by atoms with van der Waals surface area (Å²) in [7, 11) is 0. The molecule has 0 aliphatic heterocycles. The van der Waals surface area contributed by atoms with Crippen LogP contribution in [0, 0.1) is 10.8 Å². The summed E-state index contributed by atoms with van der Waals surface area (Å²) in [4.78, 5) is 23.5. The van der Waals surface area contributed by atoms with Crippen LogP contribution < -0.4 is 0 Å². The third kappa shape index (κ3) is 2.75. The van der Waals surface area contributed by atoms with Crippen LogP contribution in [0.2, 0.25) is 0 Å². The number of Topliss-reactive ketones (excluding diaryl/α,β-unsaturated/α-hetero) is 2. The van der Waals surface area contributed by atoms with Gasteiger partial charge in [0.2, 0.25) is 0 Å². The SMILES string of the molecule is CCCC(C)(C)C(O)O[C@H]1C[C@]12CC(=O)CCC2=O. The highest BCUT2D eigenvalue weighted by Crippen LogP contribution is 2.56. The summed E-state index contributed by atoms with van der Waals surface area (Å²) in [6.07, 6.45) is 2.30. The Bertz CT molecular complexity index is 388. The topological polar surface area (TPSA) is 63.6 Å². The van der Waals surface area contributed by atoms with E-state index in [9.17, 15) is 14.7 Å². The third-order valence-corrected chi connectivity index (χ3v) is 4.56. The molecule has 2 saturated carbocycles. The average Bonchev–Trinajstić information content (AvgIpc) is 2.98. The number of aliphatic hydroxyl groups excluding tert-OH is 1. The Morgan fingerprint density at radius 2 is 2.11 bits per heavy atom. The molecule has 2 fully saturated rings. The predicted molar refractivity (Wildman–Crippen MR) is 70.5 cm³/mol. The van der Waals surface area contributed by atoms with Crippen LogP contribution in [0.3, 0.4) is 0 Å². The number of carbonyl (C=O) groups is 2. The lowest BCUT2D eigenvalue weighted by atomic mass is 9.83. The van der Waals surface area contributed by atoms with Gasteiger partial charge in [0.15, 0.2) is 6.29 Å². The van der Waals surface area contributed by atoms with Crippen LogP contribution in [0.4, 0.5) is 0 Å². The van der Waals surface area contributed by atoms with E-state index in [1.807, 2.05) is 13.8 Å². The standard InChI is InChI=1S/C15H24O4/c1-4-7-14(2,3)13(18)19-12-9-15(12)8-10(16)5-6-11(15)17/h12-13,18H,4-9H2,1-3H3/t12-,13?,15-/m0/s1. The van der Waals surface area contributed by atoms with Crippen molar-refractivity contribution in [1.82, 2.24) is 0 Å². The highest BCUT2D eigenvalue weighted by Gasteiger charge is 2.63. The first-order valence-corrected chi connectivity index (χ1v) is 7.20. The highest BCUT2D eigenvalue weighted by atomic mass is 16.6. The summed E-state index contributed by atoms with van der Waals surface area (Å²) < 4.78 is 5.67. The van der Waals surface area contributed by atoms with Crippen molar-refractivity contribution in [3.8, 4) is 0 Å². The third-order valence-electron chi connectivity index (χ3n) is 4.56. The van der Waals surface area contributed by atoms with Gasteiger partial charge in [0.05, 0.1) is 11.5 Å². The van der Waals surface area contributed by atoms with Crippen molar-refractivity contribution in [3.63, 3.8) is 0 Å². The molecule has 0 saturated heterocycles. The van der Waals surface area contributed by atoms with E-state index >= 15 is 0 Å². The van der Waals surface area contributed by atoms with Gasteiger partial charge in [-0.05, 0) is 12.8 Å². The van der Waals surface area contributed by atoms with Crippen molar-refractivity contribution in [1.29, 1.82) is 0 Å². The molecule has 0 heterocycles. The lowest BCUT2D eigenvalue weighted by Gasteiger charge is -2.31. The first kappa shape index (κ1) is 14.7. The second-order valence-corrected chi connectivity index (χ2v) is 6.71. The van der Waals surface area contributed by atoms with Gasteiger partial charge in [-0.1, -0.05) is 27.2 Å². The molecule has 4 heteroatoms. The second-order valence-electron chi connectivity index (χ2n) is 6.71. The zero-order valence-corrected chi connectivity index (χ0v) is 12.1. The molecule has 2 rings (SSSR count). The fraction of sp³-hybridized carbons (Fsp3) is 0.867. The quantitative estimate of drug-likeness (QED) is 0.777. The summed E-state index contributed by atoms with van der Waals surface area (Å²) in [6.45, 7) is 5.99. The Labute approximate surface area is 114 Å². The molecule has 1 unspecified atom stereocenters. The first-order valence-electron chi connectivity index (χ1n) is 7.20. The van der Waals surface area contributed by atoms with E-state index < -0.39 is 11.7 Å². The minimum atomic E-state index is -0.873. The van der Waals surface area contributed by atoms with E-state index in [0.29, 0.717) is 25.7 Å². The molecule has 0 amide bonds. The lowest BCUT2D eigenvalue weighted by Crippen LogP contribution is -2.36. The molecule has 0 aromatic carbocycles. The molecule has 0 bridgehead atoms. The van der Waals surface area contributed by atoms with E-state index in [0.717, 1.165) is 12.8 Å². The molecule has 19 heavy (non-hydrogen) atoms. The summed E-state index contributed by atoms with van der Waals surface area (Å²) >= 11 is 0. The number of ether oxygens (including phenoxy) is 1. The Kier molecular flexibility index (Phi) is 3.85. The van der Waals surface area contributed by atoms with Gasteiger partial charge < -0.3 is 9.84 Å². The normalized spacial score (nSPS) is 32.7. The lowest BCUT2D eigenvalue weighted by molar-refractivity contribution is -0.182. The number of aliphatic hydroxyl groups is 1. The molecule has 2 aliphatic rings. The van der Waals surface area contributed by atoms with Crippen LogP contribution in [0.5, 0.6) is 0 Å². The summed E-state index contributed by atoms with van der Waals surface area (Å²) in [5.41, 5.74) is -0.918. The minimum absolute atomic E-state index is 0.137. The fourth-order valence-corrected chi connectivity index (χ4v) is 3.08. The van der Waals surface area contributed by atoms with E-state index in [1.54, 1.807) is 0 Å². The molecule has 1 N–H and O–H groups in total. The van der Waals surface area contributed by atoms with E-state index in [-0.39, 0.29) is 23.1 Å². The summed E-state index contributed by atoms with van der Waals surface area (Å²) in [5.74, 6) is 0.283. The Hall–Kier alpha value is -0.740. The average molecular weight is 268 g/mol. The van der Waals surface area contributed by atoms with Crippen molar-refractivity contribution in [2.24, 2.45) is 10.8 Å².